The van der Waals surface area contributed by atoms with Crippen LogP contribution in [0.3, 0.4) is 0 Å². The Balaban J connectivity index is 1.26. The van der Waals surface area contributed by atoms with Gasteiger partial charge in [-0.25, -0.2) is 0 Å². The van der Waals surface area contributed by atoms with E-state index >= 15 is 0 Å². The summed E-state index contributed by atoms with van der Waals surface area (Å²) in [5, 5.41) is 33.7. The zero-order valence-corrected chi connectivity index (χ0v) is 25.9. The first-order valence-corrected chi connectivity index (χ1v) is 16.1. The Morgan fingerprint density at radius 3 is 2.58 bits per heavy atom. The second-order valence-corrected chi connectivity index (χ2v) is 14.5. The van der Waals surface area contributed by atoms with Crippen molar-refractivity contribution in [3.05, 3.63) is 76.9 Å². The van der Waals surface area contributed by atoms with Crippen molar-refractivity contribution in [2.45, 2.75) is 73.7 Å². The van der Waals surface area contributed by atoms with Crippen LogP contribution in [0.1, 0.15) is 57.8 Å². The van der Waals surface area contributed by atoms with Crippen molar-refractivity contribution in [3.8, 4) is 0 Å². The van der Waals surface area contributed by atoms with Crippen LogP contribution in [0, 0.1) is 28.6 Å². The van der Waals surface area contributed by atoms with Gasteiger partial charge in [0.05, 0.1) is 16.8 Å². The average molecular weight is 624 g/mol. The van der Waals surface area contributed by atoms with Crippen molar-refractivity contribution in [1.82, 2.24) is 0 Å². The summed E-state index contributed by atoms with van der Waals surface area (Å²) >= 11 is 7.54. The third-order valence-corrected chi connectivity index (χ3v) is 12.2. The Bertz CT molecular complexity index is 1510. The lowest BCUT2D eigenvalue weighted by molar-refractivity contribution is -0.243. The molecule has 2 aromatic carbocycles. The number of ketones is 2. The maximum atomic E-state index is 13.6. The van der Waals surface area contributed by atoms with Gasteiger partial charge in [-0.05, 0) is 86.4 Å². The molecule has 0 heterocycles. The Morgan fingerprint density at radius 2 is 1.88 bits per heavy atom. The maximum absolute atomic E-state index is 13.6. The molecule has 2 aromatic rings. The third-order valence-electron chi connectivity index (χ3n) is 10.9. The number of carbonyl (C=O) groups is 2. The van der Waals surface area contributed by atoms with Gasteiger partial charge in [-0.3, -0.25) is 9.59 Å². The Kier molecular flexibility index (Phi) is 7.93. The minimum absolute atomic E-state index is 0.0156. The van der Waals surface area contributed by atoms with Gasteiger partial charge in [0, 0.05) is 32.1 Å². The first kappa shape index (κ1) is 30.6. The second kappa shape index (κ2) is 11.2. The van der Waals surface area contributed by atoms with Crippen LogP contribution >= 0.6 is 23.4 Å². The fourth-order valence-electron chi connectivity index (χ4n) is 8.84. The van der Waals surface area contributed by atoms with Crippen LogP contribution < -0.4 is 5.73 Å². The molecule has 0 spiro atoms. The van der Waals surface area contributed by atoms with Gasteiger partial charge in [0.15, 0.2) is 17.9 Å². The molecule has 2 unspecified atom stereocenters. The topological polar surface area (TPSA) is 130 Å². The molecule has 3 saturated carbocycles. The molecule has 3 fully saturated rings. The van der Waals surface area contributed by atoms with E-state index < -0.39 is 41.2 Å². The van der Waals surface area contributed by atoms with E-state index in [1.165, 1.54) is 11.8 Å². The van der Waals surface area contributed by atoms with E-state index in [0.29, 0.717) is 35.5 Å². The number of nitrogens with two attached hydrogens (primary N) is 1. The lowest BCUT2D eigenvalue weighted by Gasteiger charge is -2.60. The van der Waals surface area contributed by atoms with Crippen LogP contribution in [-0.4, -0.2) is 45.2 Å². The van der Waals surface area contributed by atoms with Gasteiger partial charge in [-0.2, -0.15) is 0 Å². The number of nitrogen functional groups attached to an aromatic ring is 1. The lowest BCUT2D eigenvalue weighted by Crippen LogP contribution is -2.62. The highest BCUT2D eigenvalue weighted by molar-refractivity contribution is 7.99. The summed E-state index contributed by atoms with van der Waals surface area (Å²) in [5.74, 6) is -0.445. The molecule has 4 aliphatic carbocycles. The van der Waals surface area contributed by atoms with Crippen LogP contribution in [-0.2, 0) is 14.3 Å². The molecule has 5 N–H and O–H groups in total. The van der Waals surface area contributed by atoms with Crippen LogP contribution in [0.15, 0.2) is 76.1 Å². The average Bonchev–Trinajstić information content (AvgIpc) is 3.27. The van der Waals surface area contributed by atoms with E-state index in [-0.39, 0.29) is 23.5 Å². The molecule has 6 rings (SSSR count). The number of ether oxygens (including phenoxy) is 1. The molecule has 43 heavy (non-hydrogen) atoms. The zero-order valence-electron chi connectivity index (χ0n) is 24.3. The largest absolute Gasteiger partial charge is 0.397 e. The van der Waals surface area contributed by atoms with Gasteiger partial charge >= 0.3 is 0 Å². The number of aliphatic hydroxyl groups is 3. The first-order valence-electron chi connectivity index (χ1n) is 14.9. The number of aliphatic hydroxyl groups excluding tert-OH is 3. The van der Waals surface area contributed by atoms with Crippen LogP contribution in [0.4, 0.5) is 5.69 Å². The van der Waals surface area contributed by atoms with E-state index in [0.717, 1.165) is 28.2 Å². The van der Waals surface area contributed by atoms with E-state index in [9.17, 15) is 24.9 Å². The van der Waals surface area contributed by atoms with E-state index in [2.05, 4.69) is 6.92 Å². The molecule has 0 radical (unpaired) electrons. The molecule has 0 aromatic heterocycles. The molecule has 4 aliphatic rings. The van der Waals surface area contributed by atoms with Gasteiger partial charge in [-0.1, -0.05) is 61.0 Å². The van der Waals surface area contributed by atoms with E-state index in [4.69, 9.17) is 22.1 Å². The number of benzene rings is 2. The lowest BCUT2D eigenvalue weighted by atomic mass is 9.46. The highest BCUT2D eigenvalue weighted by Crippen LogP contribution is 2.68. The van der Waals surface area contributed by atoms with E-state index in [1.807, 2.05) is 31.2 Å². The number of hydrogen-bond acceptors (Lipinski definition) is 8. The maximum Gasteiger partial charge on any atom is 0.190 e. The molecule has 7 nitrogen and oxygen atoms in total. The van der Waals surface area contributed by atoms with Crippen molar-refractivity contribution in [2.75, 3.05) is 12.3 Å². The second-order valence-electron chi connectivity index (χ2n) is 13.0. The van der Waals surface area contributed by atoms with Gasteiger partial charge in [0.1, 0.15) is 12.2 Å². The normalized spacial score (nSPS) is 35.5. The van der Waals surface area contributed by atoms with Crippen molar-refractivity contribution >= 4 is 40.6 Å². The van der Waals surface area contributed by atoms with Crippen LogP contribution in [0.25, 0.3) is 0 Å². The van der Waals surface area contributed by atoms with Crippen LogP contribution in [0.2, 0.25) is 5.02 Å². The SMILES string of the molecule is C[C@]12C=CC(=O)C=C1CC[C@@H]1C2[C@@H](O)C[C@@]2(C)C1CC[C@]2(O[C@@H](O)c1ccc(Sc2ccc(Cl)c(N)c2)cc1)C(=O)CO. The number of rotatable bonds is 7. The fraction of sp³-hybridized carbons (Fsp3) is 0.471. The Morgan fingerprint density at radius 1 is 1.16 bits per heavy atom. The summed E-state index contributed by atoms with van der Waals surface area (Å²) in [7, 11) is 0. The standard InChI is InChI=1S/C34H38ClNO6S/c1-32-13-11-21(38)15-20(32)5-9-24-25-12-14-34(29(40)18-37,33(25,2)17-28(39)30(24)32)42-31(41)19-3-6-22(7-4-19)43-23-8-10-26(35)27(36)16-23/h3-4,6-8,10-11,13,15-16,24-25,28,30-31,37,39,41H,5,9,12,14,17-18,36H2,1-2H3/t24-,25?,28-,30?,31+,32-,33-,34-/m0/s1. The molecule has 0 bridgehead atoms. The molecule has 8 atom stereocenters. The van der Waals surface area contributed by atoms with Gasteiger partial charge in [0.2, 0.25) is 0 Å². The minimum Gasteiger partial charge on any atom is -0.397 e. The van der Waals surface area contributed by atoms with E-state index in [1.54, 1.807) is 36.4 Å². The van der Waals surface area contributed by atoms with Crippen LogP contribution in [0.5, 0.6) is 0 Å². The first-order chi connectivity index (χ1) is 20.4. The predicted octanol–water partition coefficient (Wildman–Crippen LogP) is 5.66. The summed E-state index contributed by atoms with van der Waals surface area (Å²) < 4.78 is 6.40. The molecular formula is C34H38ClNO6S. The molecule has 228 valence electrons. The number of halogens is 1. The quantitative estimate of drug-likeness (QED) is 0.230. The van der Waals surface area contributed by atoms with Crippen molar-refractivity contribution in [1.29, 1.82) is 0 Å². The number of fused-ring (bicyclic) bond motifs is 5. The molecule has 0 aliphatic heterocycles. The Labute approximate surface area is 261 Å². The highest BCUT2D eigenvalue weighted by atomic mass is 35.5. The summed E-state index contributed by atoms with van der Waals surface area (Å²) in [6.45, 7) is 3.37. The van der Waals surface area contributed by atoms with Crippen molar-refractivity contribution < 1.29 is 29.6 Å². The summed E-state index contributed by atoms with van der Waals surface area (Å²) in [4.78, 5) is 27.6. The van der Waals surface area contributed by atoms with Gasteiger partial charge in [-0.15, -0.1) is 0 Å². The van der Waals surface area contributed by atoms with Crippen molar-refractivity contribution in [3.63, 3.8) is 0 Å². The molecular weight excluding hydrogens is 586 g/mol. The third kappa shape index (κ3) is 4.91. The van der Waals surface area contributed by atoms with Crippen molar-refractivity contribution in [2.24, 2.45) is 28.6 Å². The number of allylic oxidation sites excluding steroid dienone is 4. The number of hydrogen-bond donors (Lipinski definition) is 4. The summed E-state index contributed by atoms with van der Waals surface area (Å²) in [6.07, 6.45) is 6.01. The van der Waals surface area contributed by atoms with Gasteiger partial charge < -0.3 is 25.8 Å². The molecule has 9 heteroatoms. The Hall–Kier alpha value is -2.46. The molecule has 0 amide bonds. The summed E-state index contributed by atoms with van der Waals surface area (Å²) in [6, 6.07) is 12.7. The summed E-state index contributed by atoms with van der Waals surface area (Å²) in [5.41, 5.74) is 5.30. The zero-order chi connectivity index (χ0) is 30.7. The fourth-order valence-corrected chi connectivity index (χ4v) is 9.82. The highest BCUT2D eigenvalue weighted by Gasteiger charge is 2.69. The number of carbonyl (C=O) groups excluding carboxylic acids is 2. The molecule has 0 saturated heterocycles. The smallest absolute Gasteiger partial charge is 0.190 e. The number of anilines is 1. The number of Topliss-reactive ketones (excluding diaryl/α,β-unsaturated/α-hetero) is 1. The monoisotopic (exact) mass is 623 g/mol. The predicted molar refractivity (Wildman–Crippen MR) is 165 cm³/mol. The van der Waals surface area contributed by atoms with Gasteiger partial charge in [0.25, 0.3) is 0 Å². The minimum atomic E-state index is -1.46.